The highest BCUT2D eigenvalue weighted by Gasteiger charge is 2.45. The Morgan fingerprint density at radius 3 is 2.47 bits per heavy atom. The summed E-state index contributed by atoms with van der Waals surface area (Å²) in [5.74, 6) is 0.0492. The Morgan fingerprint density at radius 2 is 1.95 bits per heavy atom. The van der Waals surface area contributed by atoms with E-state index >= 15 is 0 Å². The lowest BCUT2D eigenvalue weighted by molar-refractivity contribution is -0.149. The summed E-state index contributed by atoms with van der Waals surface area (Å²) in [7, 11) is 0. The van der Waals surface area contributed by atoms with Crippen molar-refractivity contribution in [2.45, 2.75) is 56.2 Å². The smallest absolute Gasteiger partial charge is 0.248 e. The molecule has 2 rings (SSSR count). The first-order chi connectivity index (χ1) is 8.95. The van der Waals surface area contributed by atoms with Crippen LogP contribution in [0.4, 0.5) is 0 Å². The number of thioether (sulfide) groups is 1. The molecule has 1 saturated heterocycles. The van der Waals surface area contributed by atoms with Gasteiger partial charge in [-0.2, -0.15) is 11.8 Å². The van der Waals surface area contributed by atoms with Crippen molar-refractivity contribution >= 4 is 23.6 Å². The Bertz CT molecular complexity index is 380. The molecule has 0 bridgehead atoms. The van der Waals surface area contributed by atoms with Crippen molar-refractivity contribution in [2.75, 3.05) is 19.3 Å². The molecule has 0 spiro atoms. The molecular formula is C14H24N2O2S. The van der Waals surface area contributed by atoms with Gasteiger partial charge in [0.15, 0.2) is 0 Å². The average molecular weight is 284 g/mol. The van der Waals surface area contributed by atoms with Crippen LogP contribution in [0.2, 0.25) is 0 Å². The summed E-state index contributed by atoms with van der Waals surface area (Å²) in [6.07, 6.45) is 7.55. The van der Waals surface area contributed by atoms with Gasteiger partial charge in [-0.15, -0.1) is 0 Å². The van der Waals surface area contributed by atoms with Crippen LogP contribution < -0.4 is 5.32 Å². The normalized spacial score (nSPS) is 30.6. The maximum Gasteiger partial charge on any atom is 0.248 e. The van der Waals surface area contributed by atoms with Crippen molar-refractivity contribution in [1.29, 1.82) is 0 Å². The molecular weight excluding hydrogens is 260 g/mol. The predicted molar refractivity (Wildman–Crippen MR) is 78.1 cm³/mol. The van der Waals surface area contributed by atoms with Crippen molar-refractivity contribution in [2.24, 2.45) is 0 Å². The third-order valence-electron chi connectivity index (χ3n) is 4.64. The molecule has 5 heteroatoms. The monoisotopic (exact) mass is 284 g/mol. The van der Waals surface area contributed by atoms with Crippen molar-refractivity contribution in [3.05, 3.63) is 0 Å². The number of carbonyl (C=O) groups is 2. The first kappa shape index (κ1) is 14.7. The zero-order chi connectivity index (χ0) is 14.1. The van der Waals surface area contributed by atoms with E-state index in [0.717, 1.165) is 19.4 Å². The number of rotatable bonds is 4. The van der Waals surface area contributed by atoms with E-state index in [1.54, 1.807) is 4.90 Å². The number of piperazine rings is 1. The number of nitrogens with one attached hydrogen (secondary N) is 1. The molecule has 0 aromatic carbocycles. The lowest BCUT2D eigenvalue weighted by Gasteiger charge is -2.42. The molecule has 1 atom stereocenters. The number of carbonyl (C=O) groups excluding carboxylic acids is 2. The van der Waals surface area contributed by atoms with Crippen LogP contribution in [0.5, 0.6) is 0 Å². The zero-order valence-electron chi connectivity index (χ0n) is 12.1. The van der Waals surface area contributed by atoms with Crippen LogP contribution in [0, 0.1) is 0 Å². The SMILES string of the molecule is CCC1(C)NC(=O)CN(CC2(SC)CCCC2)C1=O. The molecule has 0 aromatic heterocycles. The molecule has 1 N–H and O–H groups in total. The molecule has 1 aliphatic heterocycles. The van der Waals surface area contributed by atoms with E-state index in [4.69, 9.17) is 0 Å². The Hall–Kier alpha value is -0.710. The van der Waals surface area contributed by atoms with Crippen LogP contribution in [-0.2, 0) is 9.59 Å². The van der Waals surface area contributed by atoms with E-state index in [-0.39, 0.29) is 23.1 Å². The van der Waals surface area contributed by atoms with Crippen LogP contribution in [0.15, 0.2) is 0 Å². The minimum atomic E-state index is -0.715. The van der Waals surface area contributed by atoms with Gasteiger partial charge in [0.25, 0.3) is 0 Å². The molecule has 19 heavy (non-hydrogen) atoms. The van der Waals surface area contributed by atoms with Crippen molar-refractivity contribution in [1.82, 2.24) is 10.2 Å². The second kappa shape index (κ2) is 5.35. The molecule has 108 valence electrons. The van der Waals surface area contributed by atoms with Gasteiger partial charge in [0.2, 0.25) is 11.8 Å². The minimum Gasteiger partial charge on any atom is -0.340 e. The largest absolute Gasteiger partial charge is 0.340 e. The molecule has 0 aromatic rings. The van der Waals surface area contributed by atoms with Crippen LogP contribution in [0.3, 0.4) is 0 Å². The fraction of sp³-hybridized carbons (Fsp3) is 0.857. The highest BCUT2D eigenvalue weighted by molar-refractivity contribution is 8.00. The van der Waals surface area contributed by atoms with Crippen LogP contribution in [-0.4, -0.2) is 46.3 Å². The third-order valence-corrected chi connectivity index (χ3v) is 6.05. The van der Waals surface area contributed by atoms with E-state index in [9.17, 15) is 9.59 Å². The van der Waals surface area contributed by atoms with E-state index in [1.807, 2.05) is 25.6 Å². The number of nitrogens with zero attached hydrogens (tertiary/aromatic N) is 1. The topological polar surface area (TPSA) is 49.4 Å². The van der Waals surface area contributed by atoms with E-state index in [1.165, 1.54) is 12.8 Å². The molecule has 1 saturated carbocycles. The summed E-state index contributed by atoms with van der Waals surface area (Å²) in [5, 5.41) is 2.84. The Kier molecular flexibility index (Phi) is 4.14. The Balaban J connectivity index is 2.14. The molecule has 0 radical (unpaired) electrons. The molecule has 2 amide bonds. The van der Waals surface area contributed by atoms with Crippen molar-refractivity contribution < 1.29 is 9.59 Å². The van der Waals surface area contributed by atoms with Gasteiger partial charge < -0.3 is 10.2 Å². The van der Waals surface area contributed by atoms with Gasteiger partial charge in [0.1, 0.15) is 5.54 Å². The van der Waals surface area contributed by atoms with Gasteiger partial charge in [-0.05, 0) is 32.4 Å². The fourth-order valence-corrected chi connectivity index (χ4v) is 4.14. The summed E-state index contributed by atoms with van der Waals surface area (Å²) in [4.78, 5) is 26.2. The highest BCUT2D eigenvalue weighted by Crippen LogP contribution is 2.41. The summed E-state index contributed by atoms with van der Waals surface area (Å²) < 4.78 is 0.169. The number of amides is 2. The second-order valence-corrected chi connectivity index (χ2v) is 7.26. The summed E-state index contributed by atoms with van der Waals surface area (Å²) in [6.45, 7) is 4.72. The molecule has 1 aliphatic carbocycles. The summed E-state index contributed by atoms with van der Waals surface area (Å²) in [6, 6.07) is 0. The van der Waals surface area contributed by atoms with E-state index in [0.29, 0.717) is 6.42 Å². The molecule has 4 nitrogen and oxygen atoms in total. The van der Waals surface area contributed by atoms with Crippen LogP contribution in [0.25, 0.3) is 0 Å². The van der Waals surface area contributed by atoms with Crippen LogP contribution >= 0.6 is 11.8 Å². The van der Waals surface area contributed by atoms with Crippen molar-refractivity contribution in [3.8, 4) is 0 Å². The van der Waals surface area contributed by atoms with Gasteiger partial charge in [-0.1, -0.05) is 19.8 Å². The lowest BCUT2D eigenvalue weighted by Crippen LogP contribution is -2.66. The Labute approximate surface area is 119 Å². The quantitative estimate of drug-likeness (QED) is 0.856. The zero-order valence-corrected chi connectivity index (χ0v) is 12.9. The predicted octanol–water partition coefficient (Wildman–Crippen LogP) is 1.79. The van der Waals surface area contributed by atoms with Crippen LogP contribution in [0.1, 0.15) is 46.0 Å². The first-order valence-corrected chi connectivity index (χ1v) is 8.33. The van der Waals surface area contributed by atoms with E-state index < -0.39 is 5.54 Å². The Morgan fingerprint density at radius 1 is 1.32 bits per heavy atom. The number of hydrogen-bond donors (Lipinski definition) is 1. The fourth-order valence-electron chi connectivity index (χ4n) is 3.16. The van der Waals surface area contributed by atoms with Gasteiger partial charge in [0, 0.05) is 11.3 Å². The molecule has 2 aliphatic rings. The lowest BCUT2D eigenvalue weighted by atomic mass is 9.93. The first-order valence-electron chi connectivity index (χ1n) is 7.10. The number of hydrogen-bond acceptors (Lipinski definition) is 3. The van der Waals surface area contributed by atoms with E-state index in [2.05, 4.69) is 11.6 Å². The maximum absolute atomic E-state index is 12.6. The van der Waals surface area contributed by atoms with Gasteiger partial charge >= 0.3 is 0 Å². The summed E-state index contributed by atoms with van der Waals surface area (Å²) >= 11 is 1.86. The van der Waals surface area contributed by atoms with Gasteiger partial charge in [0.05, 0.1) is 6.54 Å². The second-order valence-electron chi connectivity index (χ2n) is 5.99. The van der Waals surface area contributed by atoms with Crippen molar-refractivity contribution in [3.63, 3.8) is 0 Å². The average Bonchev–Trinajstić information content (AvgIpc) is 2.84. The van der Waals surface area contributed by atoms with Gasteiger partial charge in [-0.3, -0.25) is 9.59 Å². The molecule has 2 fully saturated rings. The highest BCUT2D eigenvalue weighted by atomic mass is 32.2. The minimum absolute atomic E-state index is 0.0294. The molecule has 1 unspecified atom stereocenters. The molecule has 1 heterocycles. The summed E-state index contributed by atoms with van der Waals surface area (Å²) in [5.41, 5.74) is -0.715. The third kappa shape index (κ3) is 2.76. The maximum atomic E-state index is 12.6. The standard InChI is InChI=1S/C14H24N2O2S/c1-4-13(2)12(18)16(9-11(17)15-13)10-14(19-3)7-5-6-8-14/h4-10H2,1-3H3,(H,15,17). The van der Waals surface area contributed by atoms with Gasteiger partial charge in [-0.25, -0.2) is 0 Å².